The Kier molecular flexibility index (Phi) is 6.22. The number of fused-ring (bicyclic) bond motifs is 1. The molecule has 0 unspecified atom stereocenters. The van der Waals surface area contributed by atoms with Crippen LogP contribution < -0.4 is 10.2 Å². The molecule has 1 N–H and O–H groups in total. The first-order chi connectivity index (χ1) is 15.2. The van der Waals surface area contributed by atoms with Crippen LogP contribution in [-0.4, -0.2) is 49.0 Å². The Morgan fingerprint density at radius 2 is 1.81 bits per heavy atom. The molecule has 0 atom stereocenters. The summed E-state index contributed by atoms with van der Waals surface area (Å²) in [7, 11) is -1.01. The number of rotatable bonds is 4. The van der Waals surface area contributed by atoms with Crippen molar-refractivity contribution in [3.05, 3.63) is 52.8 Å². The molecule has 2 fully saturated rings. The van der Waals surface area contributed by atoms with Crippen molar-refractivity contribution in [1.82, 2.24) is 9.29 Å². The summed E-state index contributed by atoms with van der Waals surface area (Å²) < 4.78 is 24.7. The lowest BCUT2D eigenvalue weighted by Crippen LogP contribution is -2.39. The predicted octanol–water partition coefficient (Wildman–Crippen LogP) is 4.25. The number of hydrogen-bond donors (Lipinski definition) is 1. The van der Waals surface area contributed by atoms with Gasteiger partial charge in [-0.25, -0.2) is 12.7 Å². The van der Waals surface area contributed by atoms with E-state index >= 15 is 0 Å². The molecule has 32 heavy (non-hydrogen) atoms. The lowest BCUT2D eigenvalue weighted by atomic mass is 9.93. The maximum Gasteiger partial charge on any atom is 0.259 e. The smallest absolute Gasteiger partial charge is 0.259 e. The third-order valence-electron chi connectivity index (χ3n) is 6.27. The first kappa shape index (κ1) is 23.0. The largest absolute Gasteiger partial charge is 0.387 e. The van der Waals surface area contributed by atoms with Gasteiger partial charge in [-0.05, 0) is 69.4 Å². The molecular formula is C23H29ClN4O3S. The van der Waals surface area contributed by atoms with E-state index in [2.05, 4.69) is 10.3 Å². The van der Waals surface area contributed by atoms with E-state index in [4.69, 9.17) is 11.6 Å². The van der Waals surface area contributed by atoms with Crippen molar-refractivity contribution in [3.63, 3.8) is 0 Å². The molecule has 172 valence electrons. The zero-order valence-corrected chi connectivity index (χ0v) is 20.2. The molecule has 1 amide bonds. The van der Waals surface area contributed by atoms with Gasteiger partial charge in [0.05, 0.1) is 34.6 Å². The van der Waals surface area contributed by atoms with Gasteiger partial charge < -0.3 is 5.32 Å². The van der Waals surface area contributed by atoms with Crippen LogP contribution in [-0.2, 0) is 15.6 Å². The second-order valence-electron chi connectivity index (χ2n) is 8.92. The molecule has 1 aromatic heterocycles. The van der Waals surface area contributed by atoms with Gasteiger partial charge in [0, 0.05) is 30.7 Å². The van der Waals surface area contributed by atoms with E-state index in [0.717, 1.165) is 55.7 Å². The second kappa shape index (κ2) is 8.65. The Balaban J connectivity index is 0.000000186. The third kappa shape index (κ3) is 4.23. The van der Waals surface area contributed by atoms with Crippen LogP contribution in [0.2, 0.25) is 5.02 Å². The molecule has 2 aliphatic heterocycles. The number of anilines is 2. The fourth-order valence-corrected chi connectivity index (χ4v) is 6.44. The van der Waals surface area contributed by atoms with Crippen LogP contribution in [0.1, 0.15) is 55.5 Å². The van der Waals surface area contributed by atoms with Crippen molar-refractivity contribution in [2.45, 2.75) is 50.3 Å². The number of amides is 1. The SMILES string of the molecule is CNc1cncc(N2C(=O)c3ccc(Cl)cc3C2(C)C)c1.O=S(=O)(C1CC1)N1CCCC1. The molecule has 7 nitrogen and oxygen atoms in total. The predicted molar refractivity (Wildman–Crippen MR) is 128 cm³/mol. The molecule has 9 heteroatoms. The molecular weight excluding hydrogens is 448 g/mol. The van der Waals surface area contributed by atoms with E-state index in [9.17, 15) is 13.2 Å². The van der Waals surface area contributed by atoms with Crippen molar-refractivity contribution in [2.24, 2.45) is 0 Å². The van der Waals surface area contributed by atoms with Crippen LogP contribution in [0.3, 0.4) is 0 Å². The van der Waals surface area contributed by atoms with Crippen molar-refractivity contribution in [1.29, 1.82) is 0 Å². The topological polar surface area (TPSA) is 82.6 Å². The first-order valence-corrected chi connectivity index (χ1v) is 12.8. The first-order valence-electron chi connectivity index (χ1n) is 10.9. The van der Waals surface area contributed by atoms with Gasteiger partial charge in [-0.2, -0.15) is 0 Å². The quantitative estimate of drug-likeness (QED) is 0.713. The average molecular weight is 477 g/mol. The summed E-state index contributed by atoms with van der Waals surface area (Å²) in [6, 6.07) is 7.32. The molecule has 1 aromatic carbocycles. The zero-order valence-electron chi connectivity index (χ0n) is 18.6. The average Bonchev–Trinajstić information content (AvgIpc) is 3.44. The van der Waals surface area contributed by atoms with Gasteiger partial charge in [-0.15, -0.1) is 0 Å². The van der Waals surface area contributed by atoms with E-state index in [1.165, 1.54) is 0 Å². The Morgan fingerprint density at radius 3 is 2.44 bits per heavy atom. The minimum atomic E-state index is -2.83. The molecule has 0 bridgehead atoms. The summed E-state index contributed by atoms with van der Waals surface area (Å²) in [6.07, 6.45) is 7.30. The fraction of sp³-hybridized carbons (Fsp3) is 0.478. The maximum absolute atomic E-state index is 12.8. The normalized spacial score (nSPS) is 20.0. The van der Waals surface area contributed by atoms with Crippen LogP contribution in [0.4, 0.5) is 11.4 Å². The zero-order chi connectivity index (χ0) is 23.1. The van der Waals surface area contributed by atoms with E-state index in [-0.39, 0.29) is 11.2 Å². The monoisotopic (exact) mass is 476 g/mol. The summed E-state index contributed by atoms with van der Waals surface area (Å²) in [5.41, 5.74) is 2.80. The summed E-state index contributed by atoms with van der Waals surface area (Å²) in [6.45, 7) is 5.55. The van der Waals surface area contributed by atoms with Gasteiger partial charge >= 0.3 is 0 Å². The van der Waals surface area contributed by atoms with Crippen molar-refractivity contribution < 1.29 is 13.2 Å². The van der Waals surface area contributed by atoms with Crippen molar-refractivity contribution >= 4 is 38.9 Å². The van der Waals surface area contributed by atoms with Crippen LogP contribution in [0.5, 0.6) is 0 Å². The molecule has 1 saturated heterocycles. The van der Waals surface area contributed by atoms with Gasteiger partial charge in [-0.1, -0.05) is 11.6 Å². The Labute approximate surface area is 194 Å². The molecule has 5 rings (SSSR count). The lowest BCUT2D eigenvalue weighted by Gasteiger charge is -2.32. The number of aromatic nitrogens is 1. The molecule has 3 aliphatic rings. The molecule has 1 saturated carbocycles. The van der Waals surface area contributed by atoms with E-state index in [1.54, 1.807) is 33.7 Å². The van der Waals surface area contributed by atoms with Crippen LogP contribution in [0.25, 0.3) is 0 Å². The van der Waals surface area contributed by atoms with E-state index in [1.807, 2.05) is 33.0 Å². The second-order valence-corrected chi connectivity index (χ2v) is 11.6. The number of carbonyl (C=O) groups excluding carboxylic acids is 1. The number of halogens is 1. The highest BCUT2D eigenvalue weighted by atomic mass is 35.5. The maximum atomic E-state index is 12.8. The van der Waals surface area contributed by atoms with Gasteiger partial charge in [-0.3, -0.25) is 14.7 Å². The Hall–Kier alpha value is -2.16. The standard InChI is InChI=1S/C16H16ClN3O.C7H13NO2S/c1-16(2)14-6-10(17)4-5-13(14)15(21)20(16)12-7-11(18-3)8-19-9-12;9-11(10,7-3-4-7)8-5-1-2-6-8/h4-9,18H,1-3H3;7H,1-6H2. The van der Waals surface area contributed by atoms with Gasteiger partial charge in [0.2, 0.25) is 10.0 Å². The molecule has 1 aliphatic carbocycles. The van der Waals surface area contributed by atoms with Gasteiger partial charge in [0.1, 0.15) is 0 Å². The number of benzene rings is 1. The van der Waals surface area contributed by atoms with Gasteiger partial charge in [0.25, 0.3) is 5.91 Å². The highest BCUT2D eigenvalue weighted by Gasteiger charge is 2.44. The molecule has 2 aromatic rings. The minimum Gasteiger partial charge on any atom is -0.387 e. The summed E-state index contributed by atoms with van der Waals surface area (Å²) >= 11 is 6.09. The summed E-state index contributed by atoms with van der Waals surface area (Å²) in [4.78, 5) is 18.7. The number of hydrogen-bond acceptors (Lipinski definition) is 5. The number of pyridine rings is 1. The van der Waals surface area contributed by atoms with Crippen LogP contribution in [0, 0.1) is 0 Å². The fourth-order valence-electron chi connectivity index (χ4n) is 4.35. The van der Waals surface area contributed by atoms with Crippen molar-refractivity contribution in [2.75, 3.05) is 30.4 Å². The van der Waals surface area contributed by atoms with E-state index < -0.39 is 15.6 Å². The third-order valence-corrected chi connectivity index (χ3v) is 8.91. The summed E-state index contributed by atoms with van der Waals surface area (Å²) in [5.74, 6) is -0.0262. The molecule has 3 heterocycles. The van der Waals surface area contributed by atoms with Crippen LogP contribution in [0.15, 0.2) is 36.7 Å². The molecule has 0 spiro atoms. The van der Waals surface area contributed by atoms with E-state index in [0.29, 0.717) is 10.6 Å². The highest BCUT2D eigenvalue weighted by Crippen LogP contribution is 2.43. The lowest BCUT2D eigenvalue weighted by molar-refractivity contribution is 0.0982. The van der Waals surface area contributed by atoms with Gasteiger partial charge in [0.15, 0.2) is 0 Å². The van der Waals surface area contributed by atoms with Crippen LogP contribution >= 0.6 is 11.6 Å². The van der Waals surface area contributed by atoms with Crippen molar-refractivity contribution in [3.8, 4) is 0 Å². The Bertz CT molecular complexity index is 1130. The minimum absolute atomic E-state index is 0.0133. The number of nitrogens with one attached hydrogen (secondary N) is 1. The number of carbonyl (C=O) groups is 1. The summed E-state index contributed by atoms with van der Waals surface area (Å²) in [5, 5.41) is 3.67. The number of sulfonamides is 1. The number of nitrogens with zero attached hydrogens (tertiary/aromatic N) is 3. The Morgan fingerprint density at radius 1 is 1.12 bits per heavy atom. The highest BCUT2D eigenvalue weighted by molar-refractivity contribution is 7.90. The molecule has 0 radical (unpaired) electrons.